The van der Waals surface area contributed by atoms with Crippen LogP contribution in [0.3, 0.4) is 0 Å². The van der Waals surface area contributed by atoms with Gasteiger partial charge in [-0.3, -0.25) is 0 Å². The van der Waals surface area contributed by atoms with Gasteiger partial charge in [-0.05, 0) is 35.1 Å². The first-order valence-electron chi connectivity index (χ1n) is 5.45. The molecule has 0 heterocycles. The van der Waals surface area contributed by atoms with Crippen LogP contribution in [0.1, 0.15) is 37.5 Å². The quantitative estimate of drug-likeness (QED) is 0.774. The van der Waals surface area contributed by atoms with E-state index < -0.39 is 0 Å². The number of aromatic hydroxyl groups is 1. The van der Waals surface area contributed by atoms with Crippen LogP contribution in [-0.4, -0.2) is 12.2 Å². The summed E-state index contributed by atoms with van der Waals surface area (Å²) in [6.07, 6.45) is 0. The first-order valence-corrected chi connectivity index (χ1v) is 5.45. The number of aryl methyl sites for hydroxylation is 1. The Morgan fingerprint density at radius 2 is 1.94 bits per heavy atom. The highest BCUT2D eigenvalue weighted by Crippen LogP contribution is 2.32. The minimum absolute atomic E-state index is 0.0396. The molecule has 0 atom stereocenters. The zero-order chi connectivity index (χ0) is 12.3. The largest absolute Gasteiger partial charge is 0.508 e. The lowest BCUT2D eigenvalue weighted by Crippen LogP contribution is -2.15. The van der Waals surface area contributed by atoms with E-state index in [2.05, 4.69) is 26.3 Å². The van der Waals surface area contributed by atoms with E-state index >= 15 is 0 Å². The van der Waals surface area contributed by atoms with Gasteiger partial charge in [0.05, 0.1) is 7.11 Å². The second-order valence-corrected chi connectivity index (χ2v) is 5.07. The van der Waals surface area contributed by atoms with Crippen molar-refractivity contribution in [2.24, 2.45) is 0 Å². The molecule has 3 nitrogen and oxygen atoms in total. The smallest absolute Gasteiger partial charge is 0.119 e. The molecule has 1 aromatic rings. The molecule has 3 heteroatoms. The Balaban J connectivity index is 3.07. The molecule has 0 radical (unpaired) electrons. The topological polar surface area (TPSA) is 41.5 Å². The van der Waals surface area contributed by atoms with Gasteiger partial charge in [0.1, 0.15) is 5.75 Å². The lowest BCUT2D eigenvalue weighted by molar-refractivity contribution is 0.0865. The number of benzene rings is 1. The van der Waals surface area contributed by atoms with E-state index in [1.54, 1.807) is 7.11 Å². The molecule has 0 bridgehead atoms. The zero-order valence-electron chi connectivity index (χ0n) is 10.7. The van der Waals surface area contributed by atoms with Crippen molar-refractivity contribution in [3.8, 4) is 5.75 Å². The average molecular weight is 223 g/mol. The number of hydrogen-bond donors (Lipinski definition) is 2. The minimum atomic E-state index is -0.0396. The maximum atomic E-state index is 9.98. The number of phenols is 1. The average Bonchev–Trinajstić information content (AvgIpc) is 2.17. The van der Waals surface area contributed by atoms with Gasteiger partial charge in [-0.15, -0.1) is 0 Å². The maximum absolute atomic E-state index is 9.98. The van der Waals surface area contributed by atoms with Gasteiger partial charge in [-0.1, -0.05) is 26.8 Å². The Kier molecular flexibility index (Phi) is 3.94. The summed E-state index contributed by atoms with van der Waals surface area (Å²) in [7, 11) is 1.58. The van der Waals surface area contributed by atoms with Crippen molar-refractivity contribution in [3.05, 3.63) is 28.8 Å². The number of hydroxylamine groups is 1. The Morgan fingerprint density at radius 3 is 2.44 bits per heavy atom. The van der Waals surface area contributed by atoms with Crippen LogP contribution in [-0.2, 0) is 16.8 Å². The van der Waals surface area contributed by atoms with E-state index in [9.17, 15) is 5.11 Å². The molecule has 16 heavy (non-hydrogen) atoms. The molecule has 0 saturated heterocycles. The highest BCUT2D eigenvalue weighted by molar-refractivity contribution is 5.44. The predicted molar refractivity (Wildman–Crippen MR) is 65.4 cm³/mol. The van der Waals surface area contributed by atoms with E-state index in [-0.39, 0.29) is 5.41 Å². The zero-order valence-corrected chi connectivity index (χ0v) is 10.7. The van der Waals surface area contributed by atoms with Crippen LogP contribution in [0.15, 0.2) is 12.1 Å². The highest BCUT2D eigenvalue weighted by atomic mass is 16.6. The first-order chi connectivity index (χ1) is 7.36. The standard InChI is InChI=1S/C13H21NO2/c1-9-6-11(13(2,3)4)12(15)7-10(9)8-14-16-5/h6-7,14-15H,8H2,1-5H3. The van der Waals surface area contributed by atoms with E-state index in [1.807, 2.05) is 19.1 Å². The van der Waals surface area contributed by atoms with Crippen LogP contribution in [0.5, 0.6) is 5.75 Å². The van der Waals surface area contributed by atoms with Gasteiger partial charge in [0.15, 0.2) is 0 Å². The van der Waals surface area contributed by atoms with Crippen molar-refractivity contribution in [1.82, 2.24) is 5.48 Å². The van der Waals surface area contributed by atoms with Gasteiger partial charge >= 0.3 is 0 Å². The third-order valence-corrected chi connectivity index (χ3v) is 2.67. The Morgan fingerprint density at radius 1 is 1.31 bits per heavy atom. The number of hydrogen-bond acceptors (Lipinski definition) is 3. The molecule has 90 valence electrons. The molecule has 0 saturated carbocycles. The fourth-order valence-electron chi connectivity index (χ4n) is 1.68. The molecule has 1 aromatic carbocycles. The molecule has 0 fully saturated rings. The second kappa shape index (κ2) is 4.85. The van der Waals surface area contributed by atoms with Gasteiger partial charge in [-0.25, -0.2) is 0 Å². The van der Waals surface area contributed by atoms with Gasteiger partial charge in [0.2, 0.25) is 0 Å². The normalized spacial score (nSPS) is 11.8. The summed E-state index contributed by atoms with van der Waals surface area (Å²) in [5, 5.41) is 9.98. The van der Waals surface area contributed by atoms with Crippen molar-refractivity contribution >= 4 is 0 Å². The van der Waals surface area contributed by atoms with Crippen molar-refractivity contribution in [3.63, 3.8) is 0 Å². The maximum Gasteiger partial charge on any atom is 0.119 e. The minimum Gasteiger partial charge on any atom is -0.508 e. The predicted octanol–water partition coefficient (Wildman–Crippen LogP) is 2.65. The molecule has 0 spiro atoms. The van der Waals surface area contributed by atoms with Crippen molar-refractivity contribution < 1.29 is 9.94 Å². The van der Waals surface area contributed by atoms with Gasteiger partial charge < -0.3 is 9.94 Å². The lowest BCUT2D eigenvalue weighted by atomic mass is 9.84. The van der Waals surface area contributed by atoms with E-state index in [4.69, 9.17) is 4.84 Å². The van der Waals surface area contributed by atoms with E-state index in [0.29, 0.717) is 12.3 Å². The highest BCUT2D eigenvalue weighted by Gasteiger charge is 2.19. The van der Waals surface area contributed by atoms with Crippen LogP contribution < -0.4 is 5.48 Å². The molecule has 1 rings (SSSR count). The fourth-order valence-corrected chi connectivity index (χ4v) is 1.68. The molecule has 0 aliphatic rings. The number of phenolic OH excluding ortho intramolecular Hbond substituents is 1. The summed E-state index contributed by atoms with van der Waals surface area (Å²) in [5.41, 5.74) is 5.93. The van der Waals surface area contributed by atoms with Crippen molar-refractivity contribution in [2.45, 2.75) is 39.7 Å². The molecule has 0 unspecified atom stereocenters. The molecule has 0 aliphatic carbocycles. The summed E-state index contributed by atoms with van der Waals surface area (Å²) < 4.78 is 0. The van der Waals surface area contributed by atoms with Gasteiger partial charge in [0.25, 0.3) is 0 Å². The van der Waals surface area contributed by atoms with Crippen molar-refractivity contribution in [2.75, 3.05) is 7.11 Å². The van der Waals surface area contributed by atoms with Crippen LogP contribution in [0.2, 0.25) is 0 Å². The van der Waals surface area contributed by atoms with E-state index in [1.165, 1.54) is 0 Å². The van der Waals surface area contributed by atoms with Crippen LogP contribution in [0.25, 0.3) is 0 Å². The fraction of sp³-hybridized carbons (Fsp3) is 0.538. The monoisotopic (exact) mass is 223 g/mol. The van der Waals surface area contributed by atoms with Crippen LogP contribution in [0.4, 0.5) is 0 Å². The Hall–Kier alpha value is -1.06. The third-order valence-electron chi connectivity index (χ3n) is 2.67. The van der Waals surface area contributed by atoms with E-state index in [0.717, 1.165) is 16.7 Å². The summed E-state index contributed by atoms with van der Waals surface area (Å²) in [5.74, 6) is 0.353. The molecule has 0 amide bonds. The second-order valence-electron chi connectivity index (χ2n) is 5.07. The SMILES string of the molecule is CONCc1cc(O)c(C(C)(C)C)cc1C. The Bertz CT molecular complexity index is 367. The summed E-state index contributed by atoms with van der Waals surface area (Å²) in [4.78, 5) is 4.81. The molecular weight excluding hydrogens is 202 g/mol. The molecule has 0 aromatic heterocycles. The number of rotatable bonds is 3. The first kappa shape index (κ1) is 13.0. The molecular formula is C13H21NO2. The van der Waals surface area contributed by atoms with Crippen LogP contribution >= 0.6 is 0 Å². The Labute approximate surface area is 97.4 Å². The summed E-state index contributed by atoms with van der Waals surface area (Å²) in [6, 6.07) is 3.85. The molecule has 2 N–H and O–H groups in total. The third kappa shape index (κ3) is 2.97. The van der Waals surface area contributed by atoms with Crippen molar-refractivity contribution in [1.29, 1.82) is 0 Å². The summed E-state index contributed by atoms with van der Waals surface area (Å²) >= 11 is 0. The molecule has 0 aliphatic heterocycles. The van der Waals surface area contributed by atoms with Gasteiger partial charge in [0, 0.05) is 6.54 Å². The van der Waals surface area contributed by atoms with Gasteiger partial charge in [-0.2, -0.15) is 5.48 Å². The summed E-state index contributed by atoms with van der Waals surface area (Å²) in [6.45, 7) is 8.92. The van der Waals surface area contributed by atoms with Crippen LogP contribution in [0, 0.1) is 6.92 Å². The lowest BCUT2D eigenvalue weighted by Gasteiger charge is -2.22. The number of nitrogens with one attached hydrogen (secondary N) is 1.